The minimum Gasteiger partial charge on any atom is -0.497 e. The number of ether oxygens (including phenoxy) is 1. The van der Waals surface area contributed by atoms with Crippen LogP contribution in [0.15, 0.2) is 24.5 Å². The van der Waals surface area contributed by atoms with E-state index in [0.717, 1.165) is 12.1 Å². The normalized spacial score (nSPS) is 14.9. The number of H-pyrrole nitrogens is 1. The molecule has 154 valence electrons. The van der Waals surface area contributed by atoms with Gasteiger partial charge in [0.1, 0.15) is 11.8 Å². The molecular weight excluding hydrogens is 405 g/mol. The number of rotatable bonds is 5. The number of hydrogen-bond donors (Lipinski definition) is 4. The Kier molecular flexibility index (Phi) is 8.74. The van der Waals surface area contributed by atoms with Crippen molar-refractivity contribution in [2.24, 2.45) is 5.92 Å². The summed E-state index contributed by atoms with van der Waals surface area (Å²) in [6.07, 6.45) is 2.39. The van der Waals surface area contributed by atoms with Crippen molar-refractivity contribution in [2.75, 3.05) is 24.3 Å². The molecule has 0 radical (unpaired) electrons. The first kappa shape index (κ1) is 23.7. The van der Waals surface area contributed by atoms with Crippen LogP contribution in [0.3, 0.4) is 0 Å². The second-order valence-corrected chi connectivity index (χ2v) is 6.45. The van der Waals surface area contributed by atoms with Gasteiger partial charge >= 0.3 is 0 Å². The molecule has 2 aromatic rings. The molecule has 1 aromatic heterocycles. The predicted molar refractivity (Wildman–Crippen MR) is 113 cm³/mol. The van der Waals surface area contributed by atoms with Crippen molar-refractivity contribution in [1.29, 1.82) is 0 Å². The summed E-state index contributed by atoms with van der Waals surface area (Å²) in [5.74, 6) is 0.0366. The summed E-state index contributed by atoms with van der Waals surface area (Å²) in [6, 6.07) is 4.58. The predicted octanol–water partition coefficient (Wildman–Crippen LogP) is 2.68. The summed E-state index contributed by atoms with van der Waals surface area (Å²) in [4.78, 5) is 32.2. The van der Waals surface area contributed by atoms with Crippen LogP contribution >= 0.6 is 24.8 Å². The standard InChI is InChI=1S/C18H23N5O3.2ClH/c1-10(2)17(24)22-12-5-4-11(26-3)8-14(12)23-18(25)16-15-13(6-7-19-16)20-9-21-15;;/h4-5,8-10,16,19H,6-7H2,1-3H3,(H,20,21)(H,22,24)(H,23,25);2*1H. The Labute approximate surface area is 176 Å². The summed E-state index contributed by atoms with van der Waals surface area (Å²) in [5.41, 5.74) is 2.66. The molecule has 2 amide bonds. The van der Waals surface area contributed by atoms with E-state index in [1.54, 1.807) is 31.6 Å². The molecule has 28 heavy (non-hydrogen) atoms. The smallest absolute Gasteiger partial charge is 0.247 e. The lowest BCUT2D eigenvalue weighted by atomic mass is 10.0. The van der Waals surface area contributed by atoms with Gasteiger partial charge in [0.15, 0.2) is 0 Å². The molecule has 1 unspecified atom stereocenters. The largest absolute Gasteiger partial charge is 0.497 e. The van der Waals surface area contributed by atoms with E-state index in [0.29, 0.717) is 29.4 Å². The van der Waals surface area contributed by atoms with E-state index in [2.05, 4.69) is 25.9 Å². The average molecular weight is 430 g/mol. The average Bonchev–Trinajstić information content (AvgIpc) is 3.11. The number of nitrogens with one attached hydrogen (secondary N) is 4. The van der Waals surface area contributed by atoms with Crippen LogP contribution in [-0.2, 0) is 16.0 Å². The highest BCUT2D eigenvalue weighted by atomic mass is 35.5. The van der Waals surface area contributed by atoms with E-state index in [1.807, 2.05) is 13.8 Å². The third-order valence-corrected chi connectivity index (χ3v) is 4.28. The zero-order valence-corrected chi connectivity index (χ0v) is 17.5. The number of nitrogens with zero attached hydrogens (tertiary/aromatic N) is 1. The Morgan fingerprint density at radius 2 is 1.96 bits per heavy atom. The fraction of sp³-hybridized carbons (Fsp3) is 0.389. The second-order valence-electron chi connectivity index (χ2n) is 6.45. The molecule has 4 N–H and O–H groups in total. The molecule has 1 aliphatic heterocycles. The maximum Gasteiger partial charge on any atom is 0.247 e. The molecule has 1 atom stereocenters. The molecule has 0 saturated heterocycles. The number of benzene rings is 1. The van der Waals surface area contributed by atoms with Gasteiger partial charge in [-0.3, -0.25) is 9.59 Å². The first-order valence-corrected chi connectivity index (χ1v) is 8.55. The Balaban J connectivity index is 0.00000196. The molecule has 0 spiro atoms. The Bertz CT molecular complexity index is 825. The lowest BCUT2D eigenvalue weighted by Crippen LogP contribution is -2.38. The molecule has 3 rings (SSSR count). The van der Waals surface area contributed by atoms with E-state index in [4.69, 9.17) is 4.74 Å². The highest BCUT2D eigenvalue weighted by Gasteiger charge is 2.29. The number of aromatic nitrogens is 2. The molecular formula is C18H25Cl2N5O3. The van der Waals surface area contributed by atoms with Crippen LogP contribution in [0.5, 0.6) is 5.75 Å². The van der Waals surface area contributed by atoms with Crippen LogP contribution in [0.4, 0.5) is 11.4 Å². The number of amides is 2. The van der Waals surface area contributed by atoms with Crippen LogP contribution < -0.4 is 20.7 Å². The number of anilines is 2. The topological polar surface area (TPSA) is 108 Å². The quantitative estimate of drug-likeness (QED) is 0.584. The van der Waals surface area contributed by atoms with Crippen LogP contribution in [-0.4, -0.2) is 35.4 Å². The van der Waals surface area contributed by atoms with E-state index in [1.165, 1.54) is 0 Å². The van der Waals surface area contributed by atoms with Crippen LogP contribution in [0, 0.1) is 5.92 Å². The highest BCUT2D eigenvalue weighted by Crippen LogP contribution is 2.29. The lowest BCUT2D eigenvalue weighted by Gasteiger charge is -2.23. The Morgan fingerprint density at radius 3 is 2.64 bits per heavy atom. The number of halogens is 2. The number of imidazole rings is 1. The van der Waals surface area contributed by atoms with Crippen molar-refractivity contribution in [1.82, 2.24) is 15.3 Å². The van der Waals surface area contributed by atoms with Crippen LogP contribution in [0.2, 0.25) is 0 Å². The van der Waals surface area contributed by atoms with Gasteiger partial charge in [-0.1, -0.05) is 13.8 Å². The van der Waals surface area contributed by atoms with Crippen LogP contribution in [0.1, 0.15) is 31.3 Å². The summed E-state index contributed by atoms with van der Waals surface area (Å²) in [7, 11) is 1.55. The monoisotopic (exact) mass is 429 g/mol. The molecule has 8 nitrogen and oxygen atoms in total. The third-order valence-electron chi connectivity index (χ3n) is 4.28. The third kappa shape index (κ3) is 5.15. The maximum absolute atomic E-state index is 12.8. The van der Waals surface area contributed by atoms with E-state index in [-0.39, 0.29) is 42.5 Å². The molecule has 1 aromatic carbocycles. The molecule has 0 aliphatic carbocycles. The minimum absolute atomic E-state index is 0. The Morgan fingerprint density at radius 1 is 1.21 bits per heavy atom. The van der Waals surface area contributed by atoms with Gasteiger partial charge in [-0.2, -0.15) is 0 Å². The SMILES string of the molecule is COc1ccc(NC(=O)C(C)C)c(NC(=O)C2NCCc3[nH]cnc32)c1.Cl.Cl. The molecule has 0 bridgehead atoms. The number of carbonyl (C=O) groups excluding carboxylic acids is 2. The molecule has 10 heteroatoms. The number of carbonyl (C=O) groups is 2. The van der Waals surface area contributed by atoms with Gasteiger partial charge < -0.3 is 25.7 Å². The maximum atomic E-state index is 12.8. The van der Waals surface area contributed by atoms with Crippen molar-refractivity contribution in [2.45, 2.75) is 26.3 Å². The van der Waals surface area contributed by atoms with Gasteiger partial charge in [-0.05, 0) is 12.1 Å². The van der Waals surface area contributed by atoms with Gasteiger partial charge in [-0.25, -0.2) is 4.98 Å². The summed E-state index contributed by atoms with van der Waals surface area (Å²) in [6.45, 7) is 4.30. The zero-order chi connectivity index (χ0) is 18.7. The fourth-order valence-electron chi connectivity index (χ4n) is 2.78. The molecule has 1 aliphatic rings. The van der Waals surface area contributed by atoms with Gasteiger partial charge in [0.25, 0.3) is 0 Å². The van der Waals surface area contributed by atoms with Crippen molar-refractivity contribution in [3.05, 3.63) is 35.9 Å². The summed E-state index contributed by atoms with van der Waals surface area (Å²) < 4.78 is 5.24. The van der Waals surface area contributed by atoms with Crippen molar-refractivity contribution < 1.29 is 14.3 Å². The lowest BCUT2D eigenvalue weighted by molar-refractivity contribution is -0.119. The summed E-state index contributed by atoms with van der Waals surface area (Å²) >= 11 is 0. The zero-order valence-electron chi connectivity index (χ0n) is 15.9. The first-order chi connectivity index (χ1) is 12.5. The number of hydrogen-bond acceptors (Lipinski definition) is 5. The number of fused-ring (bicyclic) bond motifs is 1. The van der Waals surface area contributed by atoms with Crippen molar-refractivity contribution in [3.8, 4) is 5.75 Å². The van der Waals surface area contributed by atoms with E-state index < -0.39 is 6.04 Å². The highest BCUT2D eigenvalue weighted by molar-refractivity contribution is 6.02. The second kappa shape index (κ2) is 10.3. The van der Waals surface area contributed by atoms with Gasteiger partial charge in [0, 0.05) is 30.6 Å². The van der Waals surface area contributed by atoms with Crippen molar-refractivity contribution >= 4 is 48.0 Å². The first-order valence-electron chi connectivity index (χ1n) is 8.55. The van der Waals surface area contributed by atoms with Crippen LogP contribution in [0.25, 0.3) is 0 Å². The van der Waals surface area contributed by atoms with E-state index >= 15 is 0 Å². The van der Waals surface area contributed by atoms with Gasteiger partial charge in [0.2, 0.25) is 11.8 Å². The van der Waals surface area contributed by atoms with Crippen molar-refractivity contribution in [3.63, 3.8) is 0 Å². The van der Waals surface area contributed by atoms with Gasteiger partial charge in [0.05, 0.1) is 30.5 Å². The summed E-state index contributed by atoms with van der Waals surface area (Å²) in [5, 5.41) is 8.89. The van der Waals surface area contributed by atoms with E-state index in [9.17, 15) is 9.59 Å². The molecule has 0 fully saturated rings. The fourth-order valence-corrected chi connectivity index (χ4v) is 2.78. The number of methoxy groups -OCH3 is 1. The minimum atomic E-state index is -0.551. The number of aromatic amines is 1. The molecule has 2 heterocycles. The molecule has 0 saturated carbocycles. The van der Waals surface area contributed by atoms with Gasteiger partial charge in [-0.15, -0.1) is 24.8 Å². The Hall–Kier alpha value is -2.29.